The molecule has 0 bridgehead atoms. The highest BCUT2D eigenvalue weighted by molar-refractivity contribution is 5.18. The Morgan fingerprint density at radius 3 is 2.56 bits per heavy atom. The number of hydrogen-bond acceptors (Lipinski definition) is 2. The van der Waals surface area contributed by atoms with Gasteiger partial charge in [0.25, 0.3) is 0 Å². The van der Waals surface area contributed by atoms with Crippen molar-refractivity contribution in [3.05, 3.63) is 35.9 Å². The maximum absolute atomic E-state index is 3.81. The van der Waals surface area contributed by atoms with Crippen LogP contribution in [0.15, 0.2) is 30.3 Å². The lowest BCUT2D eigenvalue weighted by atomic mass is 9.89. The van der Waals surface area contributed by atoms with Crippen LogP contribution in [0.4, 0.5) is 0 Å². The molecule has 1 saturated heterocycles. The van der Waals surface area contributed by atoms with E-state index in [0.29, 0.717) is 18.1 Å². The van der Waals surface area contributed by atoms with E-state index in [9.17, 15) is 0 Å². The predicted octanol–water partition coefficient (Wildman–Crippen LogP) is 3.07. The van der Waals surface area contributed by atoms with E-state index in [0.717, 1.165) is 5.92 Å². The number of nitrogens with one attached hydrogen (secondary N) is 1. The summed E-state index contributed by atoms with van der Waals surface area (Å²) in [6.07, 6.45) is 1.24. The molecule has 4 atom stereocenters. The normalized spacial score (nSPS) is 31.2. The van der Waals surface area contributed by atoms with Crippen molar-refractivity contribution in [1.29, 1.82) is 0 Å². The molecule has 3 unspecified atom stereocenters. The van der Waals surface area contributed by atoms with Crippen molar-refractivity contribution in [3.63, 3.8) is 0 Å². The molecule has 1 N–H and O–H groups in total. The molecule has 1 aromatic carbocycles. The second kappa shape index (κ2) is 5.85. The molecule has 1 aliphatic rings. The number of hydrogen-bond donors (Lipinski definition) is 1. The molecule has 2 nitrogen and oxygen atoms in total. The van der Waals surface area contributed by atoms with E-state index in [1.807, 2.05) is 0 Å². The van der Waals surface area contributed by atoms with Crippen LogP contribution in [-0.2, 0) is 0 Å². The molecule has 100 valence electrons. The molecule has 0 amide bonds. The monoisotopic (exact) mass is 246 g/mol. The van der Waals surface area contributed by atoms with Crippen LogP contribution < -0.4 is 5.32 Å². The molecule has 1 aliphatic heterocycles. The van der Waals surface area contributed by atoms with Gasteiger partial charge in [-0.3, -0.25) is 0 Å². The highest BCUT2D eigenvalue weighted by Crippen LogP contribution is 2.23. The van der Waals surface area contributed by atoms with Crippen molar-refractivity contribution >= 4 is 0 Å². The smallest absolute Gasteiger partial charge is 0.0294 e. The Bertz CT molecular complexity index is 363. The van der Waals surface area contributed by atoms with Crippen molar-refractivity contribution in [2.75, 3.05) is 13.6 Å². The standard InChI is InChI=1S/C16H26N2/c1-12-11-18(4)13(2)10-16(12)17-14(3)15-8-6-5-7-9-15/h5-9,12-14,16-17H,10-11H2,1-4H3/t12?,13?,14-,16?/m0/s1. The SMILES string of the molecule is CC1CN(C)C(C)CC1N[C@@H](C)c1ccccc1. The first-order chi connectivity index (χ1) is 8.58. The molecule has 1 fully saturated rings. The minimum Gasteiger partial charge on any atom is -0.307 e. The fraction of sp³-hybridized carbons (Fsp3) is 0.625. The van der Waals surface area contributed by atoms with Crippen LogP contribution >= 0.6 is 0 Å². The van der Waals surface area contributed by atoms with Crippen LogP contribution in [-0.4, -0.2) is 30.6 Å². The van der Waals surface area contributed by atoms with Crippen molar-refractivity contribution in [3.8, 4) is 0 Å². The summed E-state index contributed by atoms with van der Waals surface area (Å²) in [4.78, 5) is 2.47. The van der Waals surface area contributed by atoms with Crippen LogP contribution in [0.2, 0.25) is 0 Å². The Kier molecular flexibility index (Phi) is 4.41. The second-order valence-corrected chi connectivity index (χ2v) is 5.91. The minimum atomic E-state index is 0.439. The highest BCUT2D eigenvalue weighted by Gasteiger charge is 2.29. The third-order valence-electron chi connectivity index (χ3n) is 4.37. The number of likely N-dealkylation sites (tertiary alicyclic amines) is 1. The summed E-state index contributed by atoms with van der Waals surface area (Å²) in [7, 11) is 2.23. The molecule has 0 aliphatic carbocycles. The van der Waals surface area contributed by atoms with Gasteiger partial charge in [0.05, 0.1) is 0 Å². The first-order valence-electron chi connectivity index (χ1n) is 7.09. The lowest BCUT2D eigenvalue weighted by molar-refractivity contribution is 0.116. The van der Waals surface area contributed by atoms with E-state index in [4.69, 9.17) is 0 Å². The quantitative estimate of drug-likeness (QED) is 0.882. The maximum atomic E-state index is 3.81. The molecular weight excluding hydrogens is 220 g/mol. The fourth-order valence-electron chi connectivity index (χ4n) is 2.93. The van der Waals surface area contributed by atoms with Crippen LogP contribution in [0.3, 0.4) is 0 Å². The lowest BCUT2D eigenvalue weighted by Gasteiger charge is -2.41. The van der Waals surface area contributed by atoms with Gasteiger partial charge in [-0.25, -0.2) is 0 Å². The summed E-state index contributed by atoms with van der Waals surface area (Å²) in [5, 5.41) is 3.81. The summed E-state index contributed by atoms with van der Waals surface area (Å²) in [5.41, 5.74) is 1.39. The van der Waals surface area contributed by atoms with Gasteiger partial charge in [0.15, 0.2) is 0 Å². The minimum absolute atomic E-state index is 0.439. The van der Waals surface area contributed by atoms with E-state index in [2.05, 4.69) is 68.4 Å². The largest absolute Gasteiger partial charge is 0.307 e. The molecule has 1 heterocycles. The van der Waals surface area contributed by atoms with Crippen LogP contribution in [0.1, 0.15) is 38.8 Å². The molecule has 2 heteroatoms. The zero-order chi connectivity index (χ0) is 13.1. The highest BCUT2D eigenvalue weighted by atomic mass is 15.2. The van der Waals surface area contributed by atoms with Crippen LogP contribution in [0, 0.1) is 5.92 Å². The average Bonchev–Trinajstić information content (AvgIpc) is 2.37. The molecule has 18 heavy (non-hydrogen) atoms. The topological polar surface area (TPSA) is 15.3 Å². The zero-order valence-electron chi connectivity index (χ0n) is 12.1. The Morgan fingerprint density at radius 1 is 1.22 bits per heavy atom. The summed E-state index contributed by atoms with van der Waals surface area (Å²) in [5.74, 6) is 0.720. The second-order valence-electron chi connectivity index (χ2n) is 5.91. The third-order valence-corrected chi connectivity index (χ3v) is 4.37. The molecule has 0 spiro atoms. The van der Waals surface area contributed by atoms with Crippen LogP contribution in [0.5, 0.6) is 0 Å². The van der Waals surface area contributed by atoms with Gasteiger partial charge in [0, 0.05) is 24.7 Å². The Labute approximate surface area is 111 Å². The van der Waals surface area contributed by atoms with Gasteiger partial charge in [-0.1, -0.05) is 37.3 Å². The van der Waals surface area contributed by atoms with Crippen molar-refractivity contribution < 1.29 is 0 Å². The predicted molar refractivity (Wildman–Crippen MR) is 77.7 cm³/mol. The van der Waals surface area contributed by atoms with Gasteiger partial charge in [-0.2, -0.15) is 0 Å². The fourth-order valence-corrected chi connectivity index (χ4v) is 2.93. The third kappa shape index (κ3) is 3.12. The van der Waals surface area contributed by atoms with E-state index in [-0.39, 0.29) is 0 Å². The van der Waals surface area contributed by atoms with Crippen molar-refractivity contribution in [1.82, 2.24) is 10.2 Å². The first kappa shape index (κ1) is 13.6. The Morgan fingerprint density at radius 2 is 1.89 bits per heavy atom. The van der Waals surface area contributed by atoms with Gasteiger partial charge in [0.2, 0.25) is 0 Å². The summed E-state index contributed by atoms with van der Waals surface area (Å²) < 4.78 is 0. The first-order valence-corrected chi connectivity index (χ1v) is 7.09. The van der Waals surface area contributed by atoms with E-state index >= 15 is 0 Å². The Balaban J connectivity index is 1.97. The van der Waals surface area contributed by atoms with Crippen molar-refractivity contribution in [2.45, 2.75) is 45.3 Å². The lowest BCUT2D eigenvalue weighted by Crippen LogP contribution is -2.51. The number of rotatable bonds is 3. The molecular formula is C16H26N2. The molecule has 2 rings (SSSR count). The Hall–Kier alpha value is -0.860. The van der Waals surface area contributed by atoms with Crippen LogP contribution in [0.25, 0.3) is 0 Å². The van der Waals surface area contributed by atoms with Gasteiger partial charge >= 0.3 is 0 Å². The van der Waals surface area contributed by atoms with Gasteiger partial charge in [0.1, 0.15) is 0 Å². The number of nitrogens with zero attached hydrogens (tertiary/aromatic N) is 1. The van der Waals surface area contributed by atoms with E-state index in [1.165, 1.54) is 18.5 Å². The van der Waals surface area contributed by atoms with Crippen molar-refractivity contribution in [2.24, 2.45) is 5.92 Å². The summed E-state index contributed by atoms with van der Waals surface area (Å²) >= 11 is 0. The van der Waals surface area contributed by atoms with Gasteiger partial charge in [-0.15, -0.1) is 0 Å². The molecule has 0 radical (unpaired) electrons. The summed E-state index contributed by atoms with van der Waals surface area (Å²) in [6, 6.07) is 12.5. The zero-order valence-corrected chi connectivity index (χ0v) is 12.1. The van der Waals surface area contributed by atoms with Gasteiger partial charge in [-0.05, 0) is 38.8 Å². The van der Waals surface area contributed by atoms with Gasteiger partial charge < -0.3 is 10.2 Å². The summed E-state index contributed by atoms with van der Waals surface area (Å²) in [6.45, 7) is 8.15. The average molecular weight is 246 g/mol. The molecule has 0 saturated carbocycles. The number of benzene rings is 1. The van der Waals surface area contributed by atoms with E-state index in [1.54, 1.807) is 0 Å². The molecule has 0 aromatic heterocycles. The molecule has 1 aromatic rings. The number of piperidine rings is 1. The maximum Gasteiger partial charge on any atom is 0.0294 e. The van der Waals surface area contributed by atoms with E-state index < -0.39 is 0 Å².